The minimum absolute atomic E-state index is 0.0884. The molecular weight excluding hydrogens is 354 g/mol. The van der Waals surface area contributed by atoms with Crippen molar-refractivity contribution in [3.8, 4) is 5.75 Å². The van der Waals surface area contributed by atoms with Crippen molar-refractivity contribution >= 4 is 10.9 Å². The Hall–Kier alpha value is -1.86. The maximum atomic E-state index is 11.8. The minimum Gasteiger partial charge on any atom is -0.497 e. The molecule has 1 aromatic heterocycles. The van der Waals surface area contributed by atoms with E-state index < -0.39 is 11.8 Å². The first kappa shape index (κ1) is 18.2. The van der Waals surface area contributed by atoms with Gasteiger partial charge < -0.3 is 19.9 Å². The standard InChI is InChI=1S/C22H29N3O3/c1-13(2)9-18-20-19(16-7-6-15(28-3)10-17(16)23-20)21(26)22(27)12-24-8-4-5-14(24)11-25(18)22/h6-7,9-10,14,18,21,23,26-27H,4-5,8,11-12H2,1-3H3/t14-,18+,21-,22+/m0/s1. The first-order chi connectivity index (χ1) is 13.4. The molecule has 0 saturated carbocycles. The lowest BCUT2D eigenvalue weighted by Crippen LogP contribution is -2.68. The van der Waals surface area contributed by atoms with E-state index >= 15 is 0 Å². The number of nitrogens with one attached hydrogen (secondary N) is 1. The molecule has 6 heteroatoms. The molecule has 3 N–H and O–H groups in total. The number of H-pyrrole nitrogens is 1. The number of allylic oxidation sites excluding steroid dienone is 1. The summed E-state index contributed by atoms with van der Waals surface area (Å²) in [4.78, 5) is 8.00. The second-order valence-electron chi connectivity index (χ2n) is 8.75. The fourth-order valence-corrected chi connectivity index (χ4v) is 5.43. The minimum atomic E-state index is -1.29. The Bertz CT molecular complexity index is 948. The number of nitrogens with zero attached hydrogens (tertiary/aromatic N) is 2. The first-order valence-electron chi connectivity index (χ1n) is 10.2. The van der Waals surface area contributed by atoms with Crippen LogP contribution in [-0.2, 0) is 0 Å². The number of aliphatic hydroxyl groups excluding tert-OH is 1. The molecule has 1 aromatic carbocycles. The Morgan fingerprint density at radius 3 is 2.93 bits per heavy atom. The maximum Gasteiger partial charge on any atom is 0.162 e. The summed E-state index contributed by atoms with van der Waals surface area (Å²) in [5.74, 6) is 0.774. The van der Waals surface area contributed by atoms with E-state index in [1.807, 2.05) is 18.2 Å². The molecule has 150 valence electrons. The summed E-state index contributed by atoms with van der Waals surface area (Å²) in [5.41, 5.74) is 2.63. The lowest BCUT2D eigenvalue weighted by molar-refractivity contribution is -0.235. The average Bonchev–Trinajstić information content (AvgIpc) is 3.26. The number of aliphatic hydroxyl groups is 2. The number of aromatic amines is 1. The molecule has 2 saturated heterocycles. The van der Waals surface area contributed by atoms with Crippen LogP contribution in [-0.4, -0.2) is 63.5 Å². The number of piperazine rings is 1. The van der Waals surface area contributed by atoms with E-state index in [0.29, 0.717) is 12.6 Å². The van der Waals surface area contributed by atoms with Gasteiger partial charge in [-0.05, 0) is 45.4 Å². The molecule has 0 unspecified atom stereocenters. The summed E-state index contributed by atoms with van der Waals surface area (Å²) in [6, 6.07) is 6.21. The Morgan fingerprint density at radius 2 is 2.18 bits per heavy atom. The van der Waals surface area contributed by atoms with E-state index in [0.717, 1.165) is 53.8 Å². The fraction of sp³-hybridized carbons (Fsp3) is 0.545. The fourth-order valence-electron chi connectivity index (χ4n) is 5.43. The third-order valence-corrected chi connectivity index (χ3v) is 6.75. The van der Waals surface area contributed by atoms with E-state index in [4.69, 9.17) is 4.74 Å². The highest BCUT2D eigenvalue weighted by Gasteiger charge is 2.56. The molecule has 3 aliphatic heterocycles. The number of hydrogen-bond donors (Lipinski definition) is 3. The van der Waals surface area contributed by atoms with Crippen LogP contribution in [0.25, 0.3) is 10.9 Å². The molecule has 0 bridgehead atoms. The number of aromatic nitrogens is 1. The molecule has 0 spiro atoms. The predicted octanol–water partition coefficient (Wildman–Crippen LogP) is 2.70. The van der Waals surface area contributed by atoms with Gasteiger partial charge in [-0.1, -0.05) is 11.6 Å². The predicted molar refractivity (Wildman–Crippen MR) is 108 cm³/mol. The number of hydrogen-bond acceptors (Lipinski definition) is 5. The van der Waals surface area contributed by atoms with Gasteiger partial charge in [-0.15, -0.1) is 0 Å². The van der Waals surface area contributed by atoms with Crippen molar-refractivity contribution in [2.75, 3.05) is 26.7 Å². The Morgan fingerprint density at radius 1 is 1.36 bits per heavy atom. The summed E-state index contributed by atoms with van der Waals surface area (Å²) in [6.45, 7) is 6.41. The zero-order chi connectivity index (χ0) is 19.6. The zero-order valence-electron chi connectivity index (χ0n) is 16.8. The lowest BCUT2D eigenvalue weighted by Gasteiger charge is -2.56. The third-order valence-electron chi connectivity index (χ3n) is 6.75. The van der Waals surface area contributed by atoms with E-state index in [-0.39, 0.29) is 6.04 Å². The van der Waals surface area contributed by atoms with Gasteiger partial charge in [0, 0.05) is 47.4 Å². The van der Waals surface area contributed by atoms with Gasteiger partial charge in [0.15, 0.2) is 5.72 Å². The first-order valence-corrected chi connectivity index (χ1v) is 10.2. The summed E-state index contributed by atoms with van der Waals surface area (Å²) in [5, 5.41) is 24.1. The van der Waals surface area contributed by atoms with Crippen LogP contribution in [0.5, 0.6) is 5.75 Å². The molecule has 4 atom stereocenters. The summed E-state index contributed by atoms with van der Waals surface area (Å²) >= 11 is 0. The monoisotopic (exact) mass is 383 g/mol. The molecule has 6 nitrogen and oxygen atoms in total. The van der Waals surface area contributed by atoms with Gasteiger partial charge in [0.1, 0.15) is 11.9 Å². The van der Waals surface area contributed by atoms with Crippen molar-refractivity contribution in [3.63, 3.8) is 0 Å². The lowest BCUT2D eigenvalue weighted by atomic mass is 9.83. The van der Waals surface area contributed by atoms with Crippen molar-refractivity contribution in [1.29, 1.82) is 0 Å². The van der Waals surface area contributed by atoms with Crippen LogP contribution in [0.15, 0.2) is 29.8 Å². The normalized spacial score (nSPS) is 32.7. The van der Waals surface area contributed by atoms with E-state index in [9.17, 15) is 10.2 Å². The molecule has 2 aromatic rings. The maximum absolute atomic E-state index is 11.8. The highest BCUT2D eigenvalue weighted by molar-refractivity contribution is 5.87. The van der Waals surface area contributed by atoms with Crippen LogP contribution >= 0.6 is 0 Å². The van der Waals surface area contributed by atoms with Crippen molar-refractivity contribution in [2.24, 2.45) is 0 Å². The molecule has 0 radical (unpaired) electrons. The second-order valence-corrected chi connectivity index (χ2v) is 8.75. The average molecular weight is 383 g/mol. The van der Waals surface area contributed by atoms with Gasteiger partial charge in [0.05, 0.1) is 13.2 Å². The molecule has 0 aliphatic carbocycles. The quantitative estimate of drug-likeness (QED) is 0.696. The van der Waals surface area contributed by atoms with Crippen LogP contribution in [0.1, 0.15) is 50.1 Å². The third kappa shape index (κ3) is 2.48. The van der Waals surface area contributed by atoms with E-state index in [2.05, 4.69) is 34.7 Å². The molecule has 3 aliphatic rings. The van der Waals surface area contributed by atoms with E-state index in [1.54, 1.807) is 7.11 Å². The van der Waals surface area contributed by atoms with E-state index in [1.165, 1.54) is 5.57 Å². The van der Waals surface area contributed by atoms with Crippen LogP contribution in [0.4, 0.5) is 0 Å². The Balaban J connectivity index is 1.71. The molecule has 2 fully saturated rings. The molecule has 28 heavy (non-hydrogen) atoms. The van der Waals surface area contributed by atoms with Gasteiger partial charge in [0.2, 0.25) is 0 Å². The van der Waals surface area contributed by atoms with Crippen molar-refractivity contribution in [1.82, 2.24) is 14.8 Å². The Kier molecular flexibility index (Phi) is 4.11. The highest BCUT2D eigenvalue weighted by atomic mass is 16.5. The van der Waals surface area contributed by atoms with Crippen LogP contribution < -0.4 is 4.74 Å². The molecular formula is C22H29N3O3. The second kappa shape index (κ2) is 6.32. The van der Waals surface area contributed by atoms with Crippen LogP contribution in [0.2, 0.25) is 0 Å². The number of benzene rings is 1. The highest BCUT2D eigenvalue weighted by Crippen LogP contribution is 2.50. The summed E-state index contributed by atoms with van der Waals surface area (Å²) in [7, 11) is 1.65. The van der Waals surface area contributed by atoms with Crippen molar-refractivity contribution in [2.45, 2.75) is 50.6 Å². The summed E-state index contributed by atoms with van der Waals surface area (Å²) < 4.78 is 5.38. The van der Waals surface area contributed by atoms with Crippen LogP contribution in [0, 0.1) is 0 Å². The smallest absolute Gasteiger partial charge is 0.162 e. The van der Waals surface area contributed by atoms with Gasteiger partial charge >= 0.3 is 0 Å². The topological polar surface area (TPSA) is 72.0 Å². The number of methoxy groups -OCH3 is 1. The Labute approximate surface area is 165 Å². The van der Waals surface area contributed by atoms with Crippen molar-refractivity contribution < 1.29 is 14.9 Å². The van der Waals surface area contributed by atoms with Crippen LogP contribution in [0.3, 0.4) is 0 Å². The number of ether oxygens (including phenoxy) is 1. The van der Waals surface area contributed by atoms with Gasteiger partial charge in [-0.3, -0.25) is 9.80 Å². The number of fused-ring (bicyclic) bond motifs is 5. The SMILES string of the molecule is COc1ccc2c3c([nH]c2c1)[C@@H](C=C(C)C)N1C[C@@H]2CCCN2C[C@@]1(O)[C@H]3O. The van der Waals surface area contributed by atoms with Gasteiger partial charge in [-0.25, -0.2) is 0 Å². The van der Waals surface area contributed by atoms with Gasteiger partial charge in [0.25, 0.3) is 0 Å². The van der Waals surface area contributed by atoms with Gasteiger partial charge in [-0.2, -0.15) is 0 Å². The molecule has 4 heterocycles. The summed E-state index contributed by atoms with van der Waals surface area (Å²) in [6.07, 6.45) is 3.55. The zero-order valence-corrected chi connectivity index (χ0v) is 16.8. The largest absolute Gasteiger partial charge is 0.497 e. The number of rotatable bonds is 2. The molecule has 5 rings (SSSR count). The van der Waals surface area contributed by atoms with Crippen molar-refractivity contribution in [3.05, 3.63) is 41.1 Å². The molecule has 0 amide bonds.